The molecule has 0 radical (unpaired) electrons. The van der Waals surface area contributed by atoms with Gasteiger partial charge < -0.3 is 14.6 Å². The molecule has 0 fully saturated rings. The number of aliphatic hydroxyl groups excluding tert-OH is 1. The monoisotopic (exact) mass is 478 g/mol. The fourth-order valence-electron chi connectivity index (χ4n) is 1.68. The second-order valence-corrected chi connectivity index (χ2v) is 6.82. The zero-order valence-electron chi connectivity index (χ0n) is 11.0. The van der Waals surface area contributed by atoms with Crippen molar-refractivity contribution in [3.8, 4) is 11.5 Å². The predicted octanol–water partition coefficient (Wildman–Crippen LogP) is 4.92. The summed E-state index contributed by atoms with van der Waals surface area (Å²) < 4.78 is 13.9. The molecule has 0 saturated heterocycles. The van der Waals surface area contributed by atoms with Gasteiger partial charge in [-0.15, -0.1) is 0 Å². The van der Waals surface area contributed by atoms with E-state index in [0.717, 1.165) is 24.7 Å². The summed E-state index contributed by atoms with van der Waals surface area (Å²) in [5.41, 5.74) is 0.812. The zero-order valence-corrected chi connectivity index (χ0v) is 15.7. The molecule has 0 aliphatic heterocycles. The smallest absolute Gasteiger partial charge is 0.147 e. The van der Waals surface area contributed by atoms with Crippen LogP contribution in [0.15, 0.2) is 49.8 Å². The summed E-state index contributed by atoms with van der Waals surface area (Å²) in [5.74, 6) is 1.50. The van der Waals surface area contributed by atoms with Crippen molar-refractivity contribution < 1.29 is 14.6 Å². The highest BCUT2D eigenvalue weighted by Gasteiger charge is 2.08. The van der Waals surface area contributed by atoms with E-state index in [9.17, 15) is 0 Å². The number of ether oxygens (including phenoxy) is 2. The van der Waals surface area contributed by atoms with Crippen molar-refractivity contribution >= 4 is 47.8 Å². The van der Waals surface area contributed by atoms with Gasteiger partial charge in [0.1, 0.15) is 24.7 Å². The van der Waals surface area contributed by atoms with Gasteiger partial charge in [-0.2, -0.15) is 0 Å². The Morgan fingerprint density at radius 3 is 2.00 bits per heavy atom. The fourth-order valence-corrected chi connectivity index (χ4v) is 3.45. The Hall–Kier alpha value is -0.560. The molecule has 0 heterocycles. The van der Waals surface area contributed by atoms with Gasteiger partial charge in [0.2, 0.25) is 0 Å². The minimum Gasteiger partial charge on any atom is -0.490 e. The Labute approximate surface area is 148 Å². The first kappa shape index (κ1) is 16.8. The standard InChI is InChI=1S/C15H13Br3O3/c16-11-1-3-12(4-2-11)20-5-6-21-15-13(17)7-10(9-19)8-14(15)18/h1-4,7-8,19H,5-6,9H2. The first-order valence-electron chi connectivity index (χ1n) is 6.20. The van der Waals surface area contributed by atoms with Crippen molar-refractivity contribution in [3.63, 3.8) is 0 Å². The van der Waals surface area contributed by atoms with Gasteiger partial charge in [-0.3, -0.25) is 0 Å². The molecular weight excluding hydrogens is 468 g/mol. The second-order valence-electron chi connectivity index (χ2n) is 4.20. The normalized spacial score (nSPS) is 10.5. The highest BCUT2D eigenvalue weighted by molar-refractivity contribution is 9.11. The van der Waals surface area contributed by atoms with E-state index < -0.39 is 0 Å². The van der Waals surface area contributed by atoms with Gasteiger partial charge in [-0.05, 0) is 73.8 Å². The topological polar surface area (TPSA) is 38.7 Å². The molecule has 2 aromatic carbocycles. The third-order valence-electron chi connectivity index (χ3n) is 2.65. The molecule has 0 unspecified atom stereocenters. The molecule has 2 aromatic rings. The van der Waals surface area contributed by atoms with Crippen molar-refractivity contribution in [2.24, 2.45) is 0 Å². The number of hydrogen-bond donors (Lipinski definition) is 1. The molecule has 0 spiro atoms. The molecule has 0 aromatic heterocycles. The van der Waals surface area contributed by atoms with E-state index in [2.05, 4.69) is 47.8 Å². The number of halogens is 3. The van der Waals surface area contributed by atoms with E-state index in [1.165, 1.54) is 0 Å². The molecule has 0 saturated carbocycles. The van der Waals surface area contributed by atoms with Crippen LogP contribution in [0.2, 0.25) is 0 Å². The Bertz CT molecular complexity index is 577. The molecule has 0 bridgehead atoms. The van der Waals surface area contributed by atoms with E-state index >= 15 is 0 Å². The van der Waals surface area contributed by atoms with Crippen LogP contribution in [0.1, 0.15) is 5.56 Å². The molecule has 0 amide bonds. The van der Waals surface area contributed by atoms with E-state index in [4.69, 9.17) is 14.6 Å². The van der Waals surface area contributed by atoms with Crippen LogP contribution in [0.3, 0.4) is 0 Å². The highest BCUT2D eigenvalue weighted by Crippen LogP contribution is 2.34. The molecule has 3 nitrogen and oxygen atoms in total. The molecule has 21 heavy (non-hydrogen) atoms. The van der Waals surface area contributed by atoms with Crippen molar-refractivity contribution in [1.29, 1.82) is 0 Å². The Morgan fingerprint density at radius 1 is 0.857 bits per heavy atom. The third kappa shape index (κ3) is 4.98. The van der Waals surface area contributed by atoms with Crippen LogP contribution in [0.4, 0.5) is 0 Å². The van der Waals surface area contributed by atoms with Crippen LogP contribution in [-0.4, -0.2) is 18.3 Å². The molecular formula is C15H13Br3O3. The summed E-state index contributed by atoms with van der Waals surface area (Å²) in [5, 5.41) is 9.13. The van der Waals surface area contributed by atoms with Gasteiger partial charge in [0.05, 0.1) is 15.6 Å². The van der Waals surface area contributed by atoms with Crippen LogP contribution in [0.25, 0.3) is 0 Å². The summed E-state index contributed by atoms with van der Waals surface area (Å²) in [4.78, 5) is 0. The first-order valence-corrected chi connectivity index (χ1v) is 8.58. The van der Waals surface area contributed by atoms with Gasteiger partial charge in [0.25, 0.3) is 0 Å². The van der Waals surface area contributed by atoms with Gasteiger partial charge in [-0.1, -0.05) is 15.9 Å². The lowest BCUT2D eigenvalue weighted by Crippen LogP contribution is -2.09. The molecule has 1 N–H and O–H groups in total. The number of hydrogen-bond acceptors (Lipinski definition) is 3. The first-order chi connectivity index (χ1) is 10.1. The van der Waals surface area contributed by atoms with Gasteiger partial charge >= 0.3 is 0 Å². The summed E-state index contributed by atoms with van der Waals surface area (Å²) in [6.45, 7) is 0.859. The average molecular weight is 481 g/mol. The largest absolute Gasteiger partial charge is 0.490 e. The van der Waals surface area contributed by atoms with Crippen molar-refractivity contribution in [2.45, 2.75) is 6.61 Å². The molecule has 0 aliphatic rings. The molecule has 0 atom stereocenters. The summed E-state index contributed by atoms with van der Waals surface area (Å²) in [6.07, 6.45) is 0. The number of aliphatic hydroxyl groups is 1. The quantitative estimate of drug-likeness (QED) is 0.596. The van der Waals surface area contributed by atoms with Gasteiger partial charge in [0, 0.05) is 4.47 Å². The van der Waals surface area contributed by atoms with E-state index in [0.29, 0.717) is 19.0 Å². The van der Waals surface area contributed by atoms with E-state index in [1.54, 1.807) is 0 Å². The SMILES string of the molecule is OCc1cc(Br)c(OCCOc2ccc(Br)cc2)c(Br)c1. The second kappa shape index (κ2) is 8.17. The maximum atomic E-state index is 9.13. The van der Waals surface area contributed by atoms with Crippen molar-refractivity contribution in [2.75, 3.05) is 13.2 Å². The van der Waals surface area contributed by atoms with Gasteiger partial charge in [0.15, 0.2) is 0 Å². The van der Waals surface area contributed by atoms with Crippen LogP contribution in [0, 0.1) is 0 Å². The summed E-state index contributed by atoms with van der Waals surface area (Å²) in [6, 6.07) is 11.3. The molecule has 2 rings (SSSR count). The highest BCUT2D eigenvalue weighted by atomic mass is 79.9. The van der Waals surface area contributed by atoms with Crippen molar-refractivity contribution in [1.82, 2.24) is 0 Å². The van der Waals surface area contributed by atoms with Crippen LogP contribution >= 0.6 is 47.8 Å². The zero-order chi connectivity index (χ0) is 15.2. The van der Waals surface area contributed by atoms with Crippen LogP contribution in [0.5, 0.6) is 11.5 Å². The van der Waals surface area contributed by atoms with Gasteiger partial charge in [-0.25, -0.2) is 0 Å². The number of rotatable bonds is 6. The summed E-state index contributed by atoms with van der Waals surface area (Å²) in [7, 11) is 0. The minimum absolute atomic E-state index is 0.00976. The van der Waals surface area contributed by atoms with E-state index in [1.807, 2.05) is 36.4 Å². The van der Waals surface area contributed by atoms with E-state index in [-0.39, 0.29) is 6.61 Å². The maximum absolute atomic E-state index is 9.13. The number of benzene rings is 2. The van der Waals surface area contributed by atoms with Crippen LogP contribution < -0.4 is 9.47 Å². The maximum Gasteiger partial charge on any atom is 0.147 e. The fraction of sp³-hybridized carbons (Fsp3) is 0.200. The lowest BCUT2D eigenvalue weighted by molar-refractivity contribution is 0.215. The van der Waals surface area contributed by atoms with Crippen molar-refractivity contribution in [3.05, 3.63) is 55.4 Å². The molecule has 6 heteroatoms. The lowest BCUT2D eigenvalue weighted by atomic mass is 10.2. The average Bonchev–Trinajstić information content (AvgIpc) is 2.47. The third-order valence-corrected chi connectivity index (χ3v) is 4.36. The Kier molecular flexibility index (Phi) is 6.54. The Morgan fingerprint density at radius 2 is 1.43 bits per heavy atom. The Balaban J connectivity index is 1.87. The predicted molar refractivity (Wildman–Crippen MR) is 92.9 cm³/mol. The minimum atomic E-state index is -0.00976. The lowest BCUT2D eigenvalue weighted by Gasteiger charge is -2.12. The summed E-state index contributed by atoms with van der Waals surface area (Å²) >= 11 is 10.2. The molecule has 112 valence electrons. The van der Waals surface area contributed by atoms with Crippen LogP contribution in [-0.2, 0) is 6.61 Å². The molecule has 0 aliphatic carbocycles.